The average Bonchev–Trinajstić information content (AvgIpc) is 4.23. The predicted octanol–water partition coefficient (Wildman–Crippen LogP) is 14.4. The maximum Gasteiger partial charge on any atom is 0.407 e. The number of hydrogen-bond donors (Lipinski definition) is 8. The molecule has 0 spiro atoms. The number of nitrogens with two attached hydrogens (primary N) is 6. The Kier molecular flexibility index (Phi) is 25.8. The molecule has 0 fully saturated rings. The Balaban J connectivity index is 0.000000212. The molecule has 0 aliphatic carbocycles. The van der Waals surface area contributed by atoms with Gasteiger partial charge in [0.25, 0.3) is 0 Å². The number of thiazole rings is 3. The Morgan fingerprint density at radius 1 is 0.605 bits per heavy atom. The highest BCUT2D eigenvalue weighted by Crippen LogP contribution is 2.33. The van der Waals surface area contributed by atoms with Gasteiger partial charge in [-0.25, -0.2) is 19.7 Å². The third kappa shape index (κ3) is 21.2. The van der Waals surface area contributed by atoms with E-state index in [0.717, 1.165) is 42.5 Å². The minimum absolute atomic E-state index is 0.145. The van der Waals surface area contributed by atoms with Crippen molar-refractivity contribution in [1.82, 2.24) is 20.3 Å². The molecule has 9 rings (SSSR count). The summed E-state index contributed by atoms with van der Waals surface area (Å²) in [7, 11) is 0. The van der Waals surface area contributed by atoms with Crippen molar-refractivity contribution in [1.29, 1.82) is 26.3 Å². The van der Waals surface area contributed by atoms with E-state index >= 15 is 0 Å². The third-order valence-corrected chi connectivity index (χ3v) is 14.6. The number of thiocarbonyl (C=S) groups is 1. The van der Waals surface area contributed by atoms with Gasteiger partial charge in [-0.2, -0.15) is 26.3 Å². The van der Waals surface area contributed by atoms with Crippen molar-refractivity contribution in [2.45, 2.75) is 44.4 Å². The molecular weight excluding hydrogens is 1250 g/mol. The number of halogens is 6. The number of carbonyl (C=O) groups excluding carboxylic acids is 1. The van der Waals surface area contributed by atoms with Crippen molar-refractivity contribution in [3.63, 3.8) is 0 Å². The standard InChI is InChI=1S/C13H16ClN3O2S.C8H8ClN3S.C8H4ClN3S.C8H6ClN3S.C8H3ClN2S.C7H5ClN2/c1-13(2,3)19-12(18)16-6-7-4-8(14)10-9(5-7)20-11(15)17-10;2*9-5-1-4(3-10)2-6-7(5)12-8(11)13-6;9-6-3-5(4-10)1-2-7(6)12-8(11)13;9-7-3-6(4-10)1-2-8(7)12-5-11;8-6-3-5(4-9)1-2-7(6)10/h4-5H,6H2,1-3H3,(H2,15,17)(H,16,18);1-2H,3,10H2,(H2,11,12);1-2H,(H2,11,12);1-3H,(H3,11,12,13);1-3H;1-3H,10H2. The topological polar surface area (TPSA) is 364 Å². The van der Waals surface area contributed by atoms with Crippen LogP contribution in [0.1, 0.15) is 54.2 Å². The van der Waals surface area contributed by atoms with Crippen LogP contribution in [0.25, 0.3) is 30.6 Å². The number of fused-ring (bicyclic) bond motifs is 3. The van der Waals surface area contributed by atoms with Crippen LogP contribution >= 0.6 is 128 Å². The second-order valence-corrected chi connectivity index (χ2v) is 23.5. The number of alkyl carbamates (subject to hydrolysis) is 1. The lowest BCUT2D eigenvalue weighted by molar-refractivity contribution is 0.0523. The van der Waals surface area contributed by atoms with E-state index in [9.17, 15) is 4.79 Å². The molecule has 0 radical (unpaired) electrons. The summed E-state index contributed by atoms with van der Waals surface area (Å²) in [4.78, 5) is 24.6. The zero-order valence-corrected chi connectivity index (χ0v) is 50.9. The van der Waals surface area contributed by atoms with E-state index in [1.165, 1.54) is 40.1 Å². The predicted molar refractivity (Wildman–Crippen MR) is 338 cm³/mol. The number of carbonyl (C=O) groups is 1. The van der Waals surface area contributed by atoms with Crippen LogP contribution in [0.3, 0.4) is 0 Å². The number of aromatic nitrogens is 3. The molecule has 0 saturated heterocycles. The van der Waals surface area contributed by atoms with Crippen LogP contribution in [0.5, 0.6) is 0 Å². The van der Waals surface area contributed by atoms with Gasteiger partial charge in [0.05, 0.1) is 102 Å². The Hall–Kier alpha value is -7.35. The number of rotatable bonds is 5. The molecule has 3 aromatic heterocycles. The number of nitrogens with zero attached hydrogens (tertiary/aromatic N) is 8. The van der Waals surface area contributed by atoms with Crippen LogP contribution in [-0.2, 0) is 17.8 Å². The van der Waals surface area contributed by atoms with Crippen molar-refractivity contribution in [3.05, 3.63) is 155 Å². The third-order valence-electron chi connectivity index (χ3n) is 9.42. The number of anilines is 5. The second kappa shape index (κ2) is 31.6. The van der Waals surface area contributed by atoms with Gasteiger partial charge in [-0.05, 0) is 147 Å². The van der Waals surface area contributed by atoms with E-state index in [2.05, 4.69) is 37.8 Å². The summed E-state index contributed by atoms with van der Waals surface area (Å²) in [6.07, 6.45) is -0.461. The van der Waals surface area contributed by atoms with Crippen molar-refractivity contribution < 1.29 is 9.53 Å². The first-order chi connectivity index (χ1) is 38.3. The Morgan fingerprint density at radius 3 is 1.48 bits per heavy atom. The van der Waals surface area contributed by atoms with Crippen molar-refractivity contribution in [2.75, 3.05) is 28.3 Å². The molecule has 0 saturated carbocycles. The quantitative estimate of drug-likeness (QED) is 0.0343. The highest BCUT2D eigenvalue weighted by Gasteiger charge is 2.17. The molecule has 81 heavy (non-hydrogen) atoms. The summed E-state index contributed by atoms with van der Waals surface area (Å²) in [5, 5.41) is 54.3. The van der Waals surface area contributed by atoms with Crippen LogP contribution in [0.15, 0.2) is 95.9 Å². The fourth-order valence-corrected chi connectivity index (χ4v) is 10.7. The van der Waals surface area contributed by atoms with E-state index in [-0.39, 0.29) is 5.11 Å². The first-order valence-corrected chi connectivity index (χ1v) is 28.3. The molecule has 9 aromatic rings. The number of benzene rings is 6. The first-order valence-electron chi connectivity index (χ1n) is 22.4. The fourth-order valence-electron chi connectivity index (χ4n) is 6.01. The number of nitrogen functional groups attached to an aromatic ring is 4. The Labute approximate surface area is 516 Å². The van der Waals surface area contributed by atoms with Gasteiger partial charge in [-0.15, -0.1) is 0 Å². The van der Waals surface area contributed by atoms with Gasteiger partial charge in [0, 0.05) is 18.0 Å². The van der Waals surface area contributed by atoms with Gasteiger partial charge in [0.15, 0.2) is 20.5 Å². The second-order valence-electron chi connectivity index (χ2n) is 16.6. The summed E-state index contributed by atoms with van der Waals surface area (Å²) in [6, 6.07) is 33.1. The molecule has 0 atom stereocenters. The minimum atomic E-state index is -0.516. The molecule has 6 aromatic carbocycles. The number of thioether (sulfide) groups is 1. The normalized spacial score (nSPS) is 10.0. The zero-order chi connectivity index (χ0) is 60.1. The van der Waals surface area contributed by atoms with Crippen LogP contribution < -0.4 is 45.0 Å². The lowest BCUT2D eigenvalue weighted by Crippen LogP contribution is -2.32. The van der Waals surface area contributed by atoms with Gasteiger partial charge in [-0.1, -0.05) is 104 Å². The van der Waals surface area contributed by atoms with Gasteiger partial charge in [0.2, 0.25) is 0 Å². The van der Waals surface area contributed by atoms with E-state index in [1.807, 2.05) is 68.6 Å². The number of ether oxygens (including phenoxy) is 1. The molecule has 1 amide bonds. The highest BCUT2D eigenvalue weighted by atomic mass is 35.5. The molecule has 0 aliphatic heterocycles. The zero-order valence-electron chi connectivity index (χ0n) is 42.2. The monoisotopic (exact) mass is 1290 g/mol. The maximum absolute atomic E-state index is 11.6. The smallest absolute Gasteiger partial charge is 0.407 e. The molecule has 0 aliphatic rings. The van der Waals surface area contributed by atoms with Crippen LogP contribution in [0.2, 0.25) is 30.1 Å². The number of nitriles is 5. The Bertz CT molecular complexity index is 3970. The summed E-state index contributed by atoms with van der Waals surface area (Å²) < 4.78 is 7.91. The van der Waals surface area contributed by atoms with E-state index in [4.69, 9.17) is 135 Å². The Morgan fingerprint density at radius 2 is 1.04 bits per heavy atom. The summed E-state index contributed by atoms with van der Waals surface area (Å²) in [5.41, 5.74) is 39.6. The summed E-state index contributed by atoms with van der Waals surface area (Å²) in [6.45, 7) is 6.26. The lowest BCUT2D eigenvalue weighted by atomic mass is 10.2. The molecule has 3 heterocycles. The molecule has 29 heteroatoms. The van der Waals surface area contributed by atoms with Gasteiger partial charge in [-0.3, -0.25) is 0 Å². The van der Waals surface area contributed by atoms with Crippen LogP contribution in [0, 0.1) is 56.0 Å². The SMILES string of the molecule is CC(C)(C)OC(=O)NCc1cc(Cl)c2nc(N)sc2c1.N#CSc1ccc(C#N)cc1Cl.N#Cc1cc(Cl)c2nc(N)sc2c1.N#Cc1ccc(N)c(Cl)c1.N#Cc1ccc(NC(N)=S)c(Cl)c1.NCc1cc(Cl)c2nc(N)sc2c1. The molecule has 0 bridgehead atoms. The van der Waals surface area contributed by atoms with Crippen molar-refractivity contribution in [2.24, 2.45) is 11.5 Å². The number of nitrogens with one attached hydrogen (secondary N) is 2. The number of amides is 1. The average molecular weight is 1300 g/mol. The molecule has 414 valence electrons. The molecular formula is C52H42Cl6N16O2S5. The molecule has 14 N–H and O–H groups in total. The maximum atomic E-state index is 11.6. The van der Waals surface area contributed by atoms with E-state index in [1.54, 1.807) is 66.7 Å². The first kappa shape index (κ1) is 66.2. The van der Waals surface area contributed by atoms with Gasteiger partial charge < -0.3 is 49.8 Å². The van der Waals surface area contributed by atoms with Gasteiger partial charge >= 0.3 is 6.09 Å². The fraction of sp³-hybridized carbons (Fsp3) is 0.115. The van der Waals surface area contributed by atoms with Crippen LogP contribution in [-0.4, -0.2) is 31.8 Å². The largest absolute Gasteiger partial charge is 0.444 e. The van der Waals surface area contributed by atoms with E-state index in [0.29, 0.717) is 108 Å². The number of thiocyanates is 1. The van der Waals surface area contributed by atoms with Crippen LogP contribution in [0.4, 0.5) is 31.6 Å². The molecule has 0 unspecified atom stereocenters. The number of hydrogen-bond acceptors (Lipinski definition) is 20. The van der Waals surface area contributed by atoms with E-state index < -0.39 is 11.7 Å². The minimum Gasteiger partial charge on any atom is -0.444 e. The van der Waals surface area contributed by atoms with Crippen molar-refractivity contribution >= 4 is 196 Å². The highest BCUT2D eigenvalue weighted by molar-refractivity contribution is 8.03. The summed E-state index contributed by atoms with van der Waals surface area (Å²) in [5.74, 6) is 0. The van der Waals surface area contributed by atoms with Gasteiger partial charge in [0.1, 0.15) is 27.6 Å². The molecule has 18 nitrogen and oxygen atoms in total. The summed E-state index contributed by atoms with van der Waals surface area (Å²) >= 11 is 45.0. The lowest BCUT2D eigenvalue weighted by Gasteiger charge is -2.19. The van der Waals surface area contributed by atoms with Crippen molar-refractivity contribution in [3.8, 4) is 29.7 Å².